The first-order valence-corrected chi connectivity index (χ1v) is 6.26. The Morgan fingerprint density at radius 1 is 1.44 bits per heavy atom. The van der Waals surface area contributed by atoms with Crippen LogP contribution in [-0.2, 0) is 4.74 Å². The molecule has 1 rings (SSSR count). The normalized spacial score (nSPS) is 10.3. The molecule has 0 fully saturated rings. The van der Waals surface area contributed by atoms with E-state index in [0.717, 1.165) is 23.7 Å². The fourth-order valence-electron chi connectivity index (χ4n) is 1.18. The Morgan fingerprint density at radius 3 is 2.94 bits per heavy atom. The van der Waals surface area contributed by atoms with Crippen LogP contribution in [0.3, 0.4) is 0 Å². The number of hydrogen-bond donors (Lipinski definition) is 1. The standard InChI is InChI=1S/C12H16O3S/c1-2-6-15-7-8-16-11-5-3-4-10(9-11)12(13)14/h3-5,9H,2,6-8H2,1H3,(H,13,14). The molecule has 0 radical (unpaired) electrons. The van der Waals surface area contributed by atoms with E-state index in [0.29, 0.717) is 12.2 Å². The van der Waals surface area contributed by atoms with Gasteiger partial charge in [-0.3, -0.25) is 0 Å². The first-order chi connectivity index (χ1) is 7.74. The quantitative estimate of drug-likeness (QED) is 0.588. The van der Waals surface area contributed by atoms with Crippen LogP contribution in [-0.4, -0.2) is 30.0 Å². The molecule has 1 N–H and O–H groups in total. The highest BCUT2D eigenvalue weighted by atomic mass is 32.2. The molecule has 0 aliphatic rings. The van der Waals surface area contributed by atoms with Gasteiger partial charge < -0.3 is 9.84 Å². The molecular formula is C12H16O3S. The molecule has 0 atom stereocenters. The van der Waals surface area contributed by atoms with Gasteiger partial charge in [-0.15, -0.1) is 11.8 Å². The van der Waals surface area contributed by atoms with Crippen molar-refractivity contribution >= 4 is 17.7 Å². The summed E-state index contributed by atoms with van der Waals surface area (Å²) < 4.78 is 5.35. The lowest BCUT2D eigenvalue weighted by Crippen LogP contribution is -1.98. The minimum atomic E-state index is -0.885. The van der Waals surface area contributed by atoms with Gasteiger partial charge in [-0.1, -0.05) is 13.0 Å². The van der Waals surface area contributed by atoms with Gasteiger partial charge in [-0.2, -0.15) is 0 Å². The number of carboxylic acids is 1. The number of thioether (sulfide) groups is 1. The molecule has 0 saturated heterocycles. The van der Waals surface area contributed by atoms with Crippen molar-refractivity contribution in [1.82, 2.24) is 0 Å². The monoisotopic (exact) mass is 240 g/mol. The third-order valence-corrected chi connectivity index (χ3v) is 2.88. The topological polar surface area (TPSA) is 46.5 Å². The number of benzene rings is 1. The second kappa shape index (κ2) is 7.30. The molecule has 0 spiro atoms. The smallest absolute Gasteiger partial charge is 0.335 e. The number of carbonyl (C=O) groups is 1. The summed E-state index contributed by atoms with van der Waals surface area (Å²) in [4.78, 5) is 11.7. The van der Waals surface area contributed by atoms with Crippen molar-refractivity contribution in [3.8, 4) is 0 Å². The van der Waals surface area contributed by atoms with Crippen molar-refractivity contribution in [3.05, 3.63) is 29.8 Å². The van der Waals surface area contributed by atoms with E-state index in [1.54, 1.807) is 30.0 Å². The summed E-state index contributed by atoms with van der Waals surface area (Å²) >= 11 is 1.61. The molecule has 0 saturated carbocycles. The van der Waals surface area contributed by atoms with Crippen LogP contribution in [0.4, 0.5) is 0 Å². The number of rotatable bonds is 7. The zero-order chi connectivity index (χ0) is 11.8. The van der Waals surface area contributed by atoms with Crippen LogP contribution >= 0.6 is 11.8 Å². The van der Waals surface area contributed by atoms with Gasteiger partial charge in [0.25, 0.3) is 0 Å². The lowest BCUT2D eigenvalue weighted by Gasteiger charge is -2.03. The van der Waals surface area contributed by atoms with Gasteiger partial charge in [0.05, 0.1) is 12.2 Å². The summed E-state index contributed by atoms with van der Waals surface area (Å²) in [7, 11) is 0. The number of carboxylic acid groups (broad SMARTS) is 1. The van der Waals surface area contributed by atoms with E-state index in [1.165, 1.54) is 0 Å². The van der Waals surface area contributed by atoms with Gasteiger partial charge in [-0.25, -0.2) is 4.79 Å². The Balaban J connectivity index is 2.36. The highest BCUT2D eigenvalue weighted by Crippen LogP contribution is 2.18. The molecule has 0 heterocycles. The molecular weight excluding hydrogens is 224 g/mol. The maximum Gasteiger partial charge on any atom is 0.335 e. The molecule has 1 aromatic rings. The molecule has 0 unspecified atom stereocenters. The summed E-state index contributed by atoms with van der Waals surface area (Å²) in [5.41, 5.74) is 0.333. The number of ether oxygens (including phenoxy) is 1. The van der Waals surface area contributed by atoms with E-state index in [2.05, 4.69) is 6.92 Å². The molecule has 0 bridgehead atoms. The Kier molecular flexibility index (Phi) is 5.96. The summed E-state index contributed by atoms with van der Waals surface area (Å²) in [5.74, 6) is -0.0343. The maximum absolute atomic E-state index is 10.7. The average molecular weight is 240 g/mol. The molecule has 3 nitrogen and oxygen atoms in total. The number of aromatic carboxylic acids is 1. The Labute approximate surface area is 99.8 Å². The van der Waals surface area contributed by atoms with Crippen LogP contribution in [0.25, 0.3) is 0 Å². The van der Waals surface area contributed by atoms with Crippen LogP contribution in [0, 0.1) is 0 Å². The fourth-order valence-corrected chi connectivity index (χ4v) is 2.01. The Bertz CT molecular complexity index is 339. The van der Waals surface area contributed by atoms with E-state index in [9.17, 15) is 4.79 Å². The molecule has 1 aromatic carbocycles. The summed E-state index contributed by atoms with van der Waals surface area (Å²) in [6.45, 7) is 3.56. The van der Waals surface area contributed by atoms with Gasteiger partial charge in [0.15, 0.2) is 0 Å². The van der Waals surface area contributed by atoms with Gasteiger partial charge in [0.2, 0.25) is 0 Å². The van der Waals surface area contributed by atoms with Crippen LogP contribution in [0.2, 0.25) is 0 Å². The van der Waals surface area contributed by atoms with E-state index < -0.39 is 5.97 Å². The first kappa shape index (κ1) is 13.1. The highest BCUT2D eigenvalue weighted by Gasteiger charge is 2.03. The minimum Gasteiger partial charge on any atom is -0.478 e. The van der Waals surface area contributed by atoms with Crippen molar-refractivity contribution < 1.29 is 14.6 Å². The summed E-state index contributed by atoms with van der Waals surface area (Å²) in [5, 5.41) is 8.82. The third-order valence-electron chi connectivity index (χ3n) is 1.93. The van der Waals surface area contributed by atoms with E-state index in [-0.39, 0.29) is 0 Å². The predicted octanol–water partition coefficient (Wildman–Crippen LogP) is 2.90. The van der Waals surface area contributed by atoms with Gasteiger partial charge in [0.1, 0.15) is 0 Å². The second-order valence-electron chi connectivity index (χ2n) is 3.29. The SMILES string of the molecule is CCCOCCSc1cccc(C(=O)O)c1. The van der Waals surface area contributed by atoms with Gasteiger partial charge >= 0.3 is 5.97 Å². The Hall–Kier alpha value is -1.00. The molecule has 0 aromatic heterocycles. The van der Waals surface area contributed by atoms with Crippen LogP contribution in [0.1, 0.15) is 23.7 Å². The maximum atomic E-state index is 10.7. The first-order valence-electron chi connectivity index (χ1n) is 5.28. The van der Waals surface area contributed by atoms with Gasteiger partial charge in [0, 0.05) is 17.3 Å². The largest absolute Gasteiger partial charge is 0.478 e. The number of hydrogen-bond acceptors (Lipinski definition) is 3. The Morgan fingerprint density at radius 2 is 2.25 bits per heavy atom. The summed E-state index contributed by atoms with van der Waals surface area (Å²) in [6, 6.07) is 6.96. The summed E-state index contributed by atoms with van der Waals surface area (Å²) in [6.07, 6.45) is 1.03. The molecule has 88 valence electrons. The zero-order valence-electron chi connectivity index (χ0n) is 9.31. The minimum absolute atomic E-state index is 0.333. The zero-order valence-corrected chi connectivity index (χ0v) is 10.1. The van der Waals surface area contributed by atoms with Crippen molar-refractivity contribution in [3.63, 3.8) is 0 Å². The van der Waals surface area contributed by atoms with E-state index >= 15 is 0 Å². The fraction of sp³-hybridized carbons (Fsp3) is 0.417. The third kappa shape index (κ3) is 4.68. The van der Waals surface area contributed by atoms with E-state index in [1.807, 2.05) is 6.07 Å². The van der Waals surface area contributed by atoms with Crippen molar-refractivity contribution in [2.45, 2.75) is 18.2 Å². The highest BCUT2D eigenvalue weighted by molar-refractivity contribution is 7.99. The molecule has 0 aliphatic carbocycles. The molecule has 0 aliphatic heterocycles. The average Bonchev–Trinajstić information content (AvgIpc) is 2.29. The lowest BCUT2D eigenvalue weighted by molar-refractivity contribution is 0.0696. The van der Waals surface area contributed by atoms with Crippen molar-refractivity contribution in [2.24, 2.45) is 0 Å². The van der Waals surface area contributed by atoms with Crippen molar-refractivity contribution in [2.75, 3.05) is 19.0 Å². The van der Waals surface area contributed by atoms with Crippen LogP contribution in [0.15, 0.2) is 29.2 Å². The van der Waals surface area contributed by atoms with Crippen LogP contribution in [0.5, 0.6) is 0 Å². The van der Waals surface area contributed by atoms with E-state index in [4.69, 9.17) is 9.84 Å². The van der Waals surface area contributed by atoms with Crippen LogP contribution < -0.4 is 0 Å². The molecule has 16 heavy (non-hydrogen) atoms. The second-order valence-corrected chi connectivity index (χ2v) is 4.46. The molecule has 0 amide bonds. The van der Waals surface area contributed by atoms with Crippen molar-refractivity contribution in [1.29, 1.82) is 0 Å². The predicted molar refractivity (Wildman–Crippen MR) is 65.2 cm³/mol. The lowest BCUT2D eigenvalue weighted by atomic mass is 10.2. The molecule has 4 heteroatoms. The van der Waals surface area contributed by atoms with Gasteiger partial charge in [-0.05, 0) is 24.6 Å².